The number of aliphatic carboxylic acids is 1. The van der Waals surface area contributed by atoms with Gasteiger partial charge in [0.25, 0.3) is 5.91 Å². The van der Waals surface area contributed by atoms with Crippen LogP contribution in [0, 0.1) is 6.92 Å². The molecule has 1 aliphatic heterocycles. The molecule has 116 valence electrons. The molecule has 1 N–H and O–H groups in total. The van der Waals surface area contributed by atoms with E-state index in [1.54, 1.807) is 4.68 Å². The van der Waals surface area contributed by atoms with Gasteiger partial charge in [0.2, 0.25) is 0 Å². The zero-order valence-electron chi connectivity index (χ0n) is 12.8. The Labute approximate surface area is 123 Å². The van der Waals surface area contributed by atoms with E-state index >= 15 is 0 Å². The molecule has 0 bridgehead atoms. The monoisotopic (exact) mass is 295 g/mol. The van der Waals surface area contributed by atoms with Crippen molar-refractivity contribution in [2.75, 3.05) is 19.8 Å². The van der Waals surface area contributed by atoms with Gasteiger partial charge in [-0.15, -0.1) is 0 Å². The molecule has 0 aromatic carbocycles. The van der Waals surface area contributed by atoms with Crippen LogP contribution in [0.15, 0.2) is 6.20 Å². The lowest BCUT2D eigenvalue weighted by Crippen LogP contribution is -2.52. The van der Waals surface area contributed by atoms with Crippen molar-refractivity contribution in [2.45, 2.75) is 39.3 Å². The zero-order valence-corrected chi connectivity index (χ0v) is 12.8. The summed E-state index contributed by atoms with van der Waals surface area (Å²) in [5, 5.41) is 13.5. The lowest BCUT2D eigenvalue weighted by Gasteiger charge is -2.32. The first-order chi connectivity index (χ1) is 9.73. The van der Waals surface area contributed by atoms with Gasteiger partial charge in [-0.25, -0.2) is 4.79 Å². The summed E-state index contributed by atoms with van der Waals surface area (Å²) in [7, 11) is 0. The second-order valence-electron chi connectivity index (χ2n) is 6.15. The Hall–Kier alpha value is -1.89. The van der Waals surface area contributed by atoms with Crippen molar-refractivity contribution >= 4 is 11.9 Å². The highest BCUT2D eigenvalue weighted by Crippen LogP contribution is 2.21. The van der Waals surface area contributed by atoms with Gasteiger partial charge < -0.3 is 14.7 Å². The molecule has 1 saturated heterocycles. The Morgan fingerprint density at radius 3 is 2.62 bits per heavy atom. The fraction of sp³-hybridized carbons (Fsp3) is 0.643. The van der Waals surface area contributed by atoms with Crippen LogP contribution in [0.25, 0.3) is 0 Å². The minimum Gasteiger partial charge on any atom is -0.480 e. The van der Waals surface area contributed by atoms with Gasteiger partial charge in [-0.1, -0.05) is 0 Å². The number of hydrogen-bond donors (Lipinski definition) is 1. The van der Waals surface area contributed by atoms with Gasteiger partial charge in [0.15, 0.2) is 6.04 Å². The highest BCUT2D eigenvalue weighted by atomic mass is 16.5. The summed E-state index contributed by atoms with van der Waals surface area (Å²) in [4.78, 5) is 25.2. The number of aromatic nitrogens is 2. The van der Waals surface area contributed by atoms with Crippen LogP contribution in [0.3, 0.4) is 0 Å². The maximum atomic E-state index is 12.6. The Morgan fingerprint density at radius 1 is 1.43 bits per heavy atom. The Morgan fingerprint density at radius 2 is 2.10 bits per heavy atom. The number of amides is 1. The number of nitrogens with zero attached hydrogens (tertiary/aromatic N) is 3. The molecule has 1 unspecified atom stereocenters. The molecule has 1 aromatic heterocycles. The van der Waals surface area contributed by atoms with Crippen molar-refractivity contribution in [3.8, 4) is 0 Å². The van der Waals surface area contributed by atoms with Crippen LogP contribution < -0.4 is 0 Å². The number of carbonyl (C=O) groups excluding carboxylic acids is 1. The van der Waals surface area contributed by atoms with Gasteiger partial charge in [0, 0.05) is 12.2 Å². The standard InChI is InChI=1S/C14H21N3O4/c1-9-10(7-15-17(9)14(2,3)4)12(18)16-5-6-21-8-11(16)13(19)20/h7,11H,5-6,8H2,1-4H3,(H,19,20). The van der Waals surface area contributed by atoms with E-state index in [0.717, 1.165) is 5.69 Å². The highest BCUT2D eigenvalue weighted by Gasteiger charge is 2.35. The minimum atomic E-state index is -1.05. The van der Waals surface area contributed by atoms with Crippen molar-refractivity contribution in [3.63, 3.8) is 0 Å². The number of rotatable bonds is 2. The molecule has 2 rings (SSSR count). The Bertz CT molecular complexity index is 559. The molecule has 0 spiro atoms. The first kappa shape index (κ1) is 15.5. The lowest BCUT2D eigenvalue weighted by atomic mass is 10.1. The van der Waals surface area contributed by atoms with Gasteiger partial charge >= 0.3 is 5.97 Å². The summed E-state index contributed by atoms with van der Waals surface area (Å²) in [6.45, 7) is 8.45. The smallest absolute Gasteiger partial charge is 0.328 e. The van der Waals surface area contributed by atoms with Crippen molar-refractivity contribution < 1.29 is 19.4 Å². The predicted molar refractivity (Wildman–Crippen MR) is 75.2 cm³/mol. The van der Waals surface area contributed by atoms with Crippen molar-refractivity contribution in [1.82, 2.24) is 14.7 Å². The van der Waals surface area contributed by atoms with Gasteiger partial charge in [0.1, 0.15) is 0 Å². The van der Waals surface area contributed by atoms with Crippen LogP contribution in [0.1, 0.15) is 36.8 Å². The largest absolute Gasteiger partial charge is 0.480 e. The normalized spacial score (nSPS) is 19.6. The average molecular weight is 295 g/mol. The van der Waals surface area contributed by atoms with Gasteiger partial charge in [-0.3, -0.25) is 9.48 Å². The van der Waals surface area contributed by atoms with E-state index in [9.17, 15) is 14.7 Å². The average Bonchev–Trinajstić information content (AvgIpc) is 2.79. The van der Waals surface area contributed by atoms with E-state index < -0.39 is 12.0 Å². The fourth-order valence-corrected chi connectivity index (χ4v) is 2.50. The minimum absolute atomic E-state index is 0.0214. The van der Waals surface area contributed by atoms with E-state index in [1.165, 1.54) is 11.1 Å². The molecular weight excluding hydrogens is 274 g/mol. The predicted octanol–water partition coefficient (Wildman–Crippen LogP) is 0.872. The van der Waals surface area contributed by atoms with Gasteiger partial charge in [-0.2, -0.15) is 5.10 Å². The molecule has 1 fully saturated rings. The van der Waals surface area contributed by atoms with Crippen LogP contribution in [-0.2, 0) is 15.1 Å². The first-order valence-electron chi connectivity index (χ1n) is 6.90. The number of hydrogen-bond acceptors (Lipinski definition) is 4. The number of carboxylic acid groups (broad SMARTS) is 1. The summed E-state index contributed by atoms with van der Waals surface area (Å²) in [5.74, 6) is -1.36. The third-order valence-corrected chi connectivity index (χ3v) is 3.55. The first-order valence-corrected chi connectivity index (χ1v) is 6.90. The molecule has 0 aliphatic carbocycles. The van der Waals surface area contributed by atoms with E-state index in [2.05, 4.69) is 5.10 Å². The fourth-order valence-electron chi connectivity index (χ4n) is 2.50. The van der Waals surface area contributed by atoms with E-state index in [4.69, 9.17) is 4.74 Å². The molecule has 2 heterocycles. The Kier molecular flexibility index (Phi) is 4.04. The number of ether oxygens (including phenoxy) is 1. The maximum Gasteiger partial charge on any atom is 0.328 e. The topological polar surface area (TPSA) is 84.7 Å². The lowest BCUT2D eigenvalue weighted by molar-refractivity contribution is -0.147. The third kappa shape index (κ3) is 2.92. The Balaban J connectivity index is 2.31. The van der Waals surface area contributed by atoms with Crippen molar-refractivity contribution in [2.24, 2.45) is 0 Å². The van der Waals surface area contributed by atoms with Gasteiger partial charge in [0.05, 0.1) is 30.5 Å². The maximum absolute atomic E-state index is 12.6. The summed E-state index contributed by atoms with van der Waals surface area (Å²) < 4.78 is 6.93. The number of carbonyl (C=O) groups is 2. The van der Waals surface area contributed by atoms with Gasteiger partial charge in [-0.05, 0) is 27.7 Å². The zero-order chi connectivity index (χ0) is 15.8. The van der Waals surface area contributed by atoms with Crippen molar-refractivity contribution in [3.05, 3.63) is 17.5 Å². The van der Waals surface area contributed by atoms with Crippen LogP contribution in [-0.4, -0.2) is 57.5 Å². The van der Waals surface area contributed by atoms with Crippen LogP contribution in [0.2, 0.25) is 0 Å². The molecule has 21 heavy (non-hydrogen) atoms. The summed E-state index contributed by atoms with van der Waals surface area (Å²) >= 11 is 0. The molecule has 1 amide bonds. The van der Waals surface area contributed by atoms with E-state index in [-0.39, 0.29) is 24.6 Å². The quantitative estimate of drug-likeness (QED) is 0.875. The molecule has 1 aromatic rings. The molecule has 0 radical (unpaired) electrons. The van der Waals surface area contributed by atoms with Crippen molar-refractivity contribution in [1.29, 1.82) is 0 Å². The molecule has 7 nitrogen and oxygen atoms in total. The second-order valence-corrected chi connectivity index (χ2v) is 6.15. The summed E-state index contributed by atoms with van der Waals surface area (Å²) in [5.41, 5.74) is 0.945. The molecule has 7 heteroatoms. The van der Waals surface area contributed by atoms with Crippen LogP contribution >= 0.6 is 0 Å². The molecule has 1 aliphatic rings. The molecular formula is C14H21N3O4. The second kappa shape index (κ2) is 5.48. The third-order valence-electron chi connectivity index (χ3n) is 3.55. The highest BCUT2D eigenvalue weighted by molar-refractivity contribution is 5.97. The van der Waals surface area contributed by atoms with E-state index in [0.29, 0.717) is 12.2 Å². The molecule has 0 saturated carbocycles. The number of carboxylic acids is 1. The van der Waals surface area contributed by atoms with Crippen LogP contribution in [0.5, 0.6) is 0 Å². The SMILES string of the molecule is Cc1c(C(=O)N2CCOCC2C(=O)O)cnn1C(C)(C)C. The van der Waals surface area contributed by atoms with E-state index in [1.807, 2.05) is 27.7 Å². The molecule has 1 atom stereocenters. The summed E-state index contributed by atoms with van der Waals surface area (Å²) in [6, 6.07) is -0.941. The number of morpholine rings is 1. The summed E-state index contributed by atoms with van der Waals surface area (Å²) in [6.07, 6.45) is 1.51. The van der Waals surface area contributed by atoms with Crippen LogP contribution in [0.4, 0.5) is 0 Å².